The minimum Gasteiger partial charge on any atom is -0.493 e. The number of amides is 1. The van der Waals surface area contributed by atoms with Crippen LogP contribution in [0.5, 0.6) is 5.75 Å². The monoisotopic (exact) mass is 411 g/mol. The number of hydrogen-bond donors (Lipinski definition) is 1. The van der Waals surface area contributed by atoms with Gasteiger partial charge in [0.1, 0.15) is 5.75 Å². The molecule has 2 N–H and O–H groups in total. The van der Waals surface area contributed by atoms with Gasteiger partial charge in [-0.3, -0.25) is 9.78 Å². The molecule has 5 heteroatoms. The Labute approximate surface area is 182 Å². The largest absolute Gasteiger partial charge is 0.493 e. The van der Waals surface area contributed by atoms with E-state index in [0.717, 1.165) is 54.8 Å². The van der Waals surface area contributed by atoms with Gasteiger partial charge in [-0.2, -0.15) is 0 Å². The van der Waals surface area contributed by atoms with E-state index in [0.29, 0.717) is 25.3 Å². The van der Waals surface area contributed by atoms with Crippen LogP contribution in [-0.4, -0.2) is 42.0 Å². The second kappa shape index (κ2) is 12.8. The quantitative estimate of drug-likeness (QED) is 0.490. The second-order valence-corrected chi connectivity index (χ2v) is 7.21. The Balaban J connectivity index is 0.00000480. The molecule has 0 radical (unpaired) electrons. The van der Waals surface area contributed by atoms with Crippen molar-refractivity contribution in [3.63, 3.8) is 0 Å². The summed E-state index contributed by atoms with van der Waals surface area (Å²) in [4.78, 5) is 19.2. The highest BCUT2D eigenvalue weighted by molar-refractivity contribution is 5.94. The van der Waals surface area contributed by atoms with E-state index in [-0.39, 0.29) is 7.33 Å². The Morgan fingerprint density at radius 1 is 1.17 bits per heavy atom. The van der Waals surface area contributed by atoms with Crippen LogP contribution in [0, 0.1) is 0 Å². The van der Waals surface area contributed by atoms with Crippen molar-refractivity contribution in [2.75, 3.05) is 26.2 Å². The van der Waals surface area contributed by atoms with Crippen LogP contribution in [0.4, 0.5) is 0 Å². The van der Waals surface area contributed by atoms with Crippen LogP contribution in [0.15, 0.2) is 48.7 Å². The summed E-state index contributed by atoms with van der Waals surface area (Å²) in [7, 11) is 0. The number of rotatable bonds is 12. The van der Waals surface area contributed by atoms with E-state index in [2.05, 4.69) is 31.0 Å². The number of ether oxygens (including phenoxy) is 1. The van der Waals surface area contributed by atoms with Crippen LogP contribution in [0.1, 0.15) is 69.5 Å². The molecule has 1 amide bonds. The van der Waals surface area contributed by atoms with Crippen LogP contribution in [0.2, 0.25) is 0 Å². The summed E-state index contributed by atoms with van der Waals surface area (Å²) in [6, 6.07) is 11.8. The van der Waals surface area contributed by atoms with Crippen molar-refractivity contribution >= 4 is 11.5 Å². The first-order valence-electron chi connectivity index (χ1n) is 11.0. The summed E-state index contributed by atoms with van der Waals surface area (Å²) >= 11 is 0. The number of nitrogens with two attached hydrogens (primary N) is 1. The van der Waals surface area contributed by atoms with Crippen molar-refractivity contribution < 1.29 is 11.0 Å². The average Bonchev–Trinajstić information content (AvgIpc) is 2.78. The lowest BCUT2D eigenvalue weighted by Crippen LogP contribution is -2.31. The summed E-state index contributed by atoms with van der Waals surface area (Å²) in [6.07, 6.45) is 7.62. The molecule has 2 aromatic rings. The molecule has 0 spiro atoms. The third-order valence-corrected chi connectivity index (χ3v) is 4.87. The Bertz CT molecular complexity index is 822. The highest BCUT2D eigenvalue weighted by Gasteiger charge is 2.16. The number of hydrogen-bond acceptors (Lipinski definition) is 4. The minimum absolute atomic E-state index is 0. The molecule has 0 fully saturated rings. The van der Waals surface area contributed by atoms with Gasteiger partial charge in [-0.25, -0.2) is 0 Å². The Morgan fingerprint density at radius 2 is 1.97 bits per heavy atom. The molecule has 164 valence electrons. The van der Waals surface area contributed by atoms with Crippen LogP contribution >= 0.6 is 0 Å². The predicted molar refractivity (Wildman–Crippen MR) is 126 cm³/mol. The van der Waals surface area contributed by atoms with Crippen molar-refractivity contribution in [2.24, 2.45) is 5.73 Å². The standard InChI is InChI=1S/C25H35N3O2.H2/c1-4-7-11-21(22-12-8-9-13-24(22)30-18-10-16-26)23-15-14-20(19-27-23)25(29)28(6-3)17-5-2;/h8-9,11-15,19H,4-7,10,16-18,26H2,1-3H3;1H/b21-11+;. The number of unbranched alkanes of at least 4 members (excludes halogenated alkanes) is 1. The van der Waals surface area contributed by atoms with Crippen LogP contribution in [0.25, 0.3) is 5.57 Å². The lowest BCUT2D eigenvalue weighted by Gasteiger charge is -2.20. The summed E-state index contributed by atoms with van der Waals surface area (Å²) < 4.78 is 5.99. The molecule has 0 aliphatic rings. The number of para-hydroxylation sites is 1. The van der Waals surface area contributed by atoms with Gasteiger partial charge in [0, 0.05) is 31.8 Å². The van der Waals surface area contributed by atoms with Gasteiger partial charge >= 0.3 is 0 Å². The summed E-state index contributed by atoms with van der Waals surface area (Å²) in [5.74, 6) is 0.860. The summed E-state index contributed by atoms with van der Waals surface area (Å²) in [6.45, 7) is 8.87. The maximum atomic E-state index is 12.7. The number of aromatic nitrogens is 1. The molecule has 0 bridgehead atoms. The molecular weight excluding hydrogens is 374 g/mol. The molecule has 0 aliphatic heterocycles. The highest BCUT2D eigenvalue weighted by atomic mass is 16.5. The van der Waals surface area contributed by atoms with E-state index < -0.39 is 0 Å². The van der Waals surface area contributed by atoms with Gasteiger partial charge in [0.2, 0.25) is 0 Å². The van der Waals surface area contributed by atoms with Crippen molar-refractivity contribution in [1.82, 2.24) is 9.88 Å². The van der Waals surface area contributed by atoms with E-state index >= 15 is 0 Å². The zero-order valence-electron chi connectivity index (χ0n) is 18.6. The van der Waals surface area contributed by atoms with Crippen LogP contribution in [0.3, 0.4) is 0 Å². The number of benzene rings is 1. The predicted octanol–water partition coefficient (Wildman–Crippen LogP) is 5.16. The van der Waals surface area contributed by atoms with E-state index in [1.165, 1.54) is 0 Å². The van der Waals surface area contributed by atoms with Gasteiger partial charge in [0.25, 0.3) is 5.91 Å². The zero-order valence-corrected chi connectivity index (χ0v) is 18.6. The number of allylic oxidation sites excluding steroid dienone is 1. The molecule has 30 heavy (non-hydrogen) atoms. The smallest absolute Gasteiger partial charge is 0.255 e. The first kappa shape index (κ1) is 23.6. The molecule has 0 unspecified atom stereocenters. The molecule has 0 atom stereocenters. The van der Waals surface area contributed by atoms with E-state index in [1.807, 2.05) is 42.2 Å². The Morgan fingerprint density at radius 3 is 2.60 bits per heavy atom. The number of carbonyl (C=O) groups is 1. The lowest BCUT2D eigenvalue weighted by molar-refractivity contribution is 0.0764. The molecule has 0 saturated heterocycles. The van der Waals surface area contributed by atoms with Gasteiger partial charge in [0.15, 0.2) is 0 Å². The maximum absolute atomic E-state index is 12.7. The SMILES string of the molecule is CCC/C=C(/c1ccc(C(=O)N(CC)CCC)cn1)c1ccccc1OCCCN.[HH]. The fourth-order valence-electron chi connectivity index (χ4n) is 3.26. The summed E-state index contributed by atoms with van der Waals surface area (Å²) in [5.41, 5.74) is 9.10. The molecule has 1 heterocycles. The third-order valence-electron chi connectivity index (χ3n) is 4.87. The van der Waals surface area contributed by atoms with Gasteiger partial charge in [0.05, 0.1) is 17.9 Å². The van der Waals surface area contributed by atoms with Crippen molar-refractivity contribution in [3.05, 3.63) is 65.5 Å². The molecule has 0 aliphatic carbocycles. The maximum Gasteiger partial charge on any atom is 0.255 e. The van der Waals surface area contributed by atoms with Crippen molar-refractivity contribution in [1.29, 1.82) is 0 Å². The van der Waals surface area contributed by atoms with Crippen LogP contribution < -0.4 is 10.5 Å². The molecule has 0 saturated carbocycles. The molecule has 1 aromatic carbocycles. The fraction of sp³-hybridized carbons (Fsp3) is 0.440. The van der Waals surface area contributed by atoms with Gasteiger partial charge in [-0.1, -0.05) is 44.5 Å². The minimum atomic E-state index is 0. The molecular formula is C25H37N3O2. The average molecular weight is 412 g/mol. The summed E-state index contributed by atoms with van der Waals surface area (Å²) in [5, 5.41) is 0. The zero-order chi connectivity index (χ0) is 21.8. The third kappa shape index (κ3) is 6.42. The van der Waals surface area contributed by atoms with E-state index in [9.17, 15) is 4.79 Å². The first-order chi connectivity index (χ1) is 14.7. The van der Waals surface area contributed by atoms with Gasteiger partial charge < -0.3 is 15.4 Å². The highest BCUT2D eigenvalue weighted by Crippen LogP contribution is 2.31. The number of carbonyl (C=O) groups excluding carboxylic acids is 1. The number of pyridine rings is 1. The number of nitrogens with zero attached hydrogens (tertiary/aromatic N) is 2. The fourth-order valence-corrected chi connectivity index (χ4v) is 3.26. The van der Waals surface area contributed by atoms with Crippen LogP contribution in [-0.2, 0) is 0 Å². The molecule has 2 rings (SSSR count). The Hall–Kier alpha value is -2.66. The normalized spacial score (nSPS) is 11.4. The van der Waals surface area contributed by atoms with Crippen molar-refractivity contribution in [2.45, 2.75) is 46.5 Å². The van der Waals surface area contributed by atoms with E-state index in [4.69, 9.17) is 10.5 Å². The first-order valence-corrected chi connectivity index (χ1v) is 11.0. The topological polar surface area (TPSA) is 68.5 Å². The van der Waals surface area contributed by atoms with Gasteiger partial charge in [-0.05, 0) is 50.9 Å². The molecule has 5 nitrogen and oxygen atoms in total. The van der Waals surface area contributed by atoms with Crippen molar-refractivity contribution in [3.8, 4) is 5.75 Å². The lowest BCUT2D eigenvalue weighted by atomic mass is 9.99. The van der Waals surface area contributed by atoms with E-state index in [1.54, 1.807) is 6.20 Å². The second-order valence-electron chi connectivity index (χ2n) is 7.21. The molecule has 1 aromatic heterocycles. The van der Waals surface area contributed by atoms with Gasteiger partial charge in [-0.15, -0.1) is 0 Å². The Kier molecular flexibility index (Phi) is 10.1.